The van der Waals surface area contributed by atoms with Crippen molar-refractivity contribution >= 4 is 22.4 Å². The van der Waals surface area contributed by atoms with Gasteiger partial charge in [0.2, 0.25) is 5.88 Å². The second-order valence-electron chi connectivity index (χ2n) is 3.54. The topological polar surface area (TPSA) is 35.0 Å². The van der Waals surface area contributed by atoms with Crippen LogP contribution in [0.15, 0.2) is 24.3 Å². The van der Waals surface area contributed by atoms with Crippen LogP contribution < -0.4 is 4.74 Å². The van der Waals surface area contributed by atoms with Gasteiger partial charge in [0.05, 0.1) is 6.61 Å². The van der Waals surface area contributed by atoms with Crippen LogP contribution in [-0.4, -0.2) is 16.8 Å². The average Bonchev–Trinajstić information content (AvgIpc) is 2.33. The van der Waals surface area contributed by atoms with Crippen molar-refractivity contribution in [3.8, 4) is 5.88 Å². The second kappa shape index (κ2) is 5.12. The molecule has 3 nitrogen and oxygen atoms in total. The summed E-state index contributed by atoms with van der Waals surface area (Å²) in [5.74, 6) is 0.563. The average molecular weight is 237 g/mol. The van der Waals surface area contributed by atoms with Crippen LogP contribution >= 0.6 is 11.6 Å². The number of nitrogens with zero attached hydrogens (tertiary/aromatic N) is 2. The van der Waals surface area contributed by atoms with Crippen molar-refractivity contribution in [2.24, 2.45) is 0 Å². The summed E-state index contributed by atoms with van der Waals surface area (Å²) in [6.45, 7) is 2.78. The Hall–Kier alpha value is -1.35. The third-order valence-corrected chi connectivity index (χ3v) is 2.62. The van der Waals surface area contributed by atoms with Crippen molar-refractivity contribution in [1.29, 1.82) is 0 Å². The molecule has 0 saturated carbocycles. The van der Waals surface area contributed by atoms with E-state index in [1.54, 1.807) is 0 Å². The molecule has 0 aliphatic carbocycles. The van der Waals surface area contributed by atoms with Crippen LogP contribution in [0.5, 0.6) is 5.88 Å². The van der Waals surface area contributed by atoms with E-state index in [1.807, 2.05) is 24.3 Å². The highest BCUT2D eigenvalue weighted by Crippen LogP contribution is 2.26. The highest BCUT2D eigenvalue weighted by molar-refractivity contribution is 6.34. The summed E-state index contributed by atoms with van der Waals surface area (Å²) in [4.78, 5) is 0. The molecule has 0 bridgehead atoms. The molecule has 1 aromatic heterocycles. The zero-order chi connectivity index (χ0) is 11.4. The van der Waals surface area contributed by atoms with E-state index in [4.69, 9.17) is 16.3 Å². The largest absolute Gasteiger partial charge is 0.476 e. The summed E-state index contributed by atoms with van der Waals surface area (Å²) >= 11 is 5.96. The van der Waals surface area contributed by atoms with Crippen molar-refractivity contribution in [1.82, 2.24) is 10.2 Å². The van der Waals surface area contributed by atoms with Crippen LogP contribution in [-0.2, 0) is 0 Å². The number of fused-ring (bicyclic) bond motifs is 1. The van der Waals surface area contributed by atoms with Gasteiger partial charge in [-0.25, -0.2) is 0 Å². The molecule has 0 amide bonds. The summed E-state index contributed by atoms with van der Waals surface area (Å²) in [5.41, 5.74) is 0. The van der Waals surface area contributed by atoms with E-state index < -0.39 is 0 Å². The third-order valence-electron chi connectivity index (χ3n) is 2.35. The number of rotatable bonds is 4. The molecule has 0 aliphatic rings. The van der Waals surface area contributed by atoms with Gasteiger partial charge in [0.15, 0.2) is 5.15 Å². The molecule has 1 aromatic carbocycles. The fourth-order valence-electron chi connectivity index (χ4n) is 1.47. The quantitative estimate of drug-likeness (QED) is 0.763. The van der Waals surface area contributed by atoms with Crippen molar-refractivity contribution < 1.29 is 4.74 Å². The minimum absolute atomic E-state index is 0.415. The van der Waals surface area contributed by atoms with Gasteiger partial charge in [-0.2, -0.15) is 0 Å². The lowest BCUT2D eigenvalue weighted by atomic mass is 10.2. The predicted molar refractivity (Wildman–Crippen MR) is 65.0 cm³/mol. The van der Waals surface area contributed by atoms with E-state index in [9.17, 15) is 0 Å². The van der Waals surface area contributed by atoms with E-state index in [1.165, 1.54) is 0 Å². The number of hydrogen-bond acceptors (Lipinski definition) is 3. The molecule has 0 spiro atoms. The van der Waals surface area contributed by atoms with Crippen molar-refractivity contribution in [3.63, 3.8) is 0 Å². The molecule has 0 aliphatic heterocycles. The Labute approximate surface area is 99.4 Å². The van der Waals surface area contributed by atoms with Crippen LogP contribution in [0, 0.1) is 0 Å². The van der Waals surface area contributed by atoms with Crippen LogP contribution in [0.3, 0.4) is 0 Å². The molecular weight excluding hydrogens is 224 g/mol. The minimum atomic E-state index is 0.415. The number of benzene rings is 1. The highest BCUT2D eigenvalue weighted by atomic mass is 35.5. The number of halogens is 1. The number of ether oxygens (including phenoxy) is 1. The molecule has 84 valence electrons. The second-order valence-corrected chi connectivity index (χ2v) is 3.90. The summed E-state index contributed by atoms with van der Waals surface area (Å²) in [5, 5.41) is 10.1. The summed E-state index contributed by atoms with van der Waals surface area (Å²) in [7, 11) is 0. The SMILES string of the molecule is CCCCOc1nnc(Cl)c2ccccc12. The van der Waals surface area contributed by atoms with Gasteiger partial charge in [0, 0.05) is 10.8 Å². The summed E-state index contributed by atoms with van der Waals surface area (Å²) in [6.07, 6.45) is 2.11. The first-order chi connectivity index (χ1) is 7.83. The Bertz CT molecular complexity index is 487. The van der Waals surface area contributed by atoms with E-state index in [-0.39, 0.29) is 0 Å². The van der Waals surface area contributed by atoms with Crippen molar-refractivity contribution in [2.45, 2.75) is 19.8 Å². The molecule has 4 heteroatoms. The van der Waals surface area contributed by atoms with Crippen LogP contribution in [0.4, 0.5) is 0 Å². The van der Waals surface area contributed by atoms with Gasteiger partial charge in [-0.1, -0.05) is 43.1 Å². The van der Waals surface area contributed by atoms with Crippen LogP contribution in [0.1, 0.15) is 19.8 Å². The van der Waals surface area contributed by atoms with E-state index in [0.29, 0.717) is 17.6 Å². The molecule has 0 N–H and O–H groups in total. The van der Waals surface area contributed by atoms with Gasteiger partial charge in [0.1, 0.15) is 0 Å². The molecule has 2 aromatic rings. The lowest BCUT2D eigenvalue weighted by Crippen LogP contribution is -2.00. The maximum absolute atomic E-state index is 5.96. The standard InChI is InChI=1S/C12H13ClN2O/c1-2-3-8-16-12-10-7-5-4-6-9(10)11(13)14-15-12/h4-7H,2-3,8H2,1H3. The lowest BCUT2D eigenvalue weighted by molar-refractivity contribution is 0.298. The smallest absolute Gasteiger partial charge is 0.241 e. The van der Waals surface area contributed by atoms with Gasteiger partial charge in [-0.15, -0.1) is 10.2 Å². The molecule has 0 saturated heterocycles. The molecule has 0 fully saturated rings. The molecular formula is C12H13ClN2O. The maximum Gasteiger partial charge on any atom is 0.241 e. The van der Waals surface area contributed by atoms with E-state index in [0.717, 1.165) is 23.6 Å². The number of unbranched alkanes of at least 4 members (excludes halogenated alkanes) is 1. The third kappa shape index (κ3) is 2.25. The monoisotopic (exact) mass is 236 g/mol. The molecule has 0 unspecified atom stereocenters. The first kappa shape index (κ1) is 11.1. The van der Waals surface area contributed by atoms with Gasteiger partial charge >= 0.3 is 0 Å². The Morgan fingerprint density at radius 3 is 2.69 bits per heavy atom. The number of aromatic nitrogens is 2. The van der Waals surface area contributed by atoms with Crippen LogP contribution in [0.2, 0.25) is 5.15 Å². The molecule has 0 atom stereocenters. The van der Waals surface area contributed by atoms with Gasteiger partial charge in [-0.05, 0) is 12.5 Å². The fourth-order valence-corrected chi connectivity index (χ4v) is 1.67. The number of hydrogen-bond donors (Lipinski definition) is 0. The van der Waals surface area contributed by atoms with E-state index >= 15 is 0 Å². The first-order valence-electron chi connectivity index (χ1n) is 5.36. The normalized spacial score (nSPS) is 10.6. The Morgan fingerprint density at radius 2 is 1.94 bits per heavy atom. The molecule has 0 radical (unpaired) electrons. The Morgan fingerprint density at radius 1 is 1.19 bits per heavy atom. The predicted octanol–water partition coefficient (Wildman–Crippen LogP) is 3.46. The molecule has 1 heterocycles. The Kier molecular flexibility index (Phi) is 3.57. The first-order valence-corrected chi connectivity index (χ1v) is 5.74. The van der Waals surface area contributed by atoms with Gasteiger partial charge in [-0.3, -0.25) is 0 Å². The molecule has 16 heavy (non-hydrogen) atoms. The zero-order valence-electron chi connectivity index (χ0n) is 9.11. The van der Waals surface area contributed by atoms with Crippen LogP contribution in [0.25, 0.3) is 10.8 Å². The minimum Gasteiger partial charge on any atom is -0.476 e. The van der Waals surface area contributed by atoms with E-state index in [2.05, 4.69) is 17.1 Å². The van der Waals surface area contributed by atoms with Crippen molar-refractivity contribution in [2.75, 3.05) is 6.61 Å². The lowest BCUT2D eigenvalue weighted by Gasteiger charge is -2.07. The van der Waals surface area contributed by atoms with Gasteiger partial charge < -0.3 is 4.74 Å². The highest BCUT2D eigenvalue weighted by Gasteiger charge is 2.07. The zero-order valence-corrected chi connectivity index (χ0v) is 9.87. The van der Waals surface area contributed by atoms with Crippen molar-refractivity contribution in [3.05, 3.63) is 29.4 Å². The molecule has 2 rings (SSSR count). The Balaban J connectivity index is 2.35. The maximum atomic E-state index is 5.96. The summed E-state index contributed by atoms with van der Waals surface area (Å²) < 4.78 is 5.58. The summed E-state index contributed by atoms with van der Waals surface area (Å²) in [6, 6.07) is 7.72. The van der Waals surface area contributed by atoms with Gasteiger partial charge in [0.25, 0.3) is 0 Å². The fraction of sp³-hybridized carbons (Fsp3) is 0.333.